The number of hydrogen-bond acceptors (Lipinski definition) is 20. The lowest BCUT2D eigenvalue weighted by Gasteiger charge is -2.40. The van der Waals surface area contributed by atoms with Gasteiger partial charge in [0.05, 0.1) is 20.3 Å². The Bertz CT molecular complexity index is 3340. The number of nitrogens with one attached hydrogen (secondary N) is 1. The van der Waals surface area contributed by atoms with Gasteiger partial charge in [-0.1, -0.05) is 131 Å². The molecule has 2 N–H and O–H groups in total. The molecule has 24 nitrogen and oxygen atoms in total. The number of halogens is 5. The maximum Gasteiger partial charge on any atom is 0.357 e. The van der Waals surface area contributed by atoms with Gasteiger partial charge in [0.15, 0.2) is 11.4 Å². The van der Waals surface area contributed by atoms with Gasteiger partial charge in [-0.25, -0.2) is 37.5 Å². The zero-order chi connectivity index (χ0) is 79.5. The van der Waals surface area contributed by atoms with E-state index in [1.54, 1.807) is 22.7 Å². The molecule has 3 saturated heterocycles. The third-order valence-electron chi connectivity index (χ3n) is 19.3. The zero-order valence-corrected chi connectivity index (χ0v) is 66.7. The van der Waals surface area contributed by atoms with Crippen LogP contribution in [0.1, 0.15) is 224 Å². The minimum Gasteiger partial charge on any atom is -0.480 e. The lowest BCUT2D eigenvalue weighted by molar-refractivity contribution is -0.144. The first-order valence-electron chi connectivity index (χ1n) is 37.0. The Morgan fingerprint density at radius 3 is 1.39 bits per heavy atom. The summed E-state index contributed by atoms with van der Waals surface area (Å²) in [6, 6.07) is -3.00. The number of rotatable bonds is 34. The molecule has 6 rings (SSSR count). The van der Waals surface area contributed by atoms with Gasteiger partial charge in [-0.15, -0.1) is 22.7 Å². The molecule has 1 aromatic carbocycles. The number of hydrogen-bond donors (Lipinski definition) is 2. The number of piperidine rings is 3. The molecule has 11 atom stereocenters. The van der Waals surface area contributed by atoms with Crippen molar-refractivity contribution >= 4 is 64.3 Å². The number of carbonyl (C=O) groups excluding carboxylic acids is 6. The molecule has 5 heterocycles. The minimum absolute atomic E-state index is 0. The summed E-state index contributed by atoms with van der Waals surface area (Å²) in [4.78, 5) is 109. The second kappa shape index (κ2) is 48.4. The molecule has 31 heteroatoms. The van der Waals surface area contributed by atoms with E-state index in [0.717, 1.165) is 83.7 Å². The summed E-state index contributed by atoms with van der Waals surface area (Å²) in [5.74, 6) is -15.4. The fraction of sp³-hybridized carbons (Fsp3) is 0.693. The summed E-state index contributed by atoms with van der Waals surface area (Å²) in [6.45, 7) is 28.4. The van der Waals surface area contributed by atoms with Gasteiger partial charge in [0.2, 0.25) is 52.6 Å². The fourth-order valence-electron chi connectivity index (χ4n) is 12.6. The smallest absolute Gasteiger partial charge is 0.357 e. The Balaban J connectivity index is 0.000000526. The number of aromatic nitrogens is 2. The monoisotopic (exact) mass is 1540 g/mol. The molecular weight excluding hydrogens is 1420 g/mol. The molecule has 0 bridgehead atoms. The SMILES string of the molecule is CCC=CCN(C(=O)[C@@H](N=[N+]=[N-])C(C)CC)[C@H](C[C@@H](OCC)c1nc(C(=O)OC)cs1)C(C)C.CCC=CCN(C(=O)[C@@H](NC(=O)[C@H]1CCCCN1C)C(C)CC)[C@H](C[C@@H](OCC)c1nc(C(=O)OC)cs1)C(C)C.CN1CCCC[C@@H]1C(=O)O.CN1CCCC[C@@H]1C(=O)Oc1c(F)c(F)c(F)c(F)c1F.[HH]. The molecule has 0 aliphatic carbocycles. The number of ether oxygens (including phenoxy) is 5. The van der Waals surface area contributed by atoms with Crippen LogP contribution >= 0.6 is 22.7 Å². The highest BCUT2D eigenvalue weighted by Gasteiger charge is 2.40. The Hall–Kier alpha value is -6.99. The van der Waals surface area contributed by atoms with E-state index in [1.165, 1.54) is 36.9 Å². The number of carbonyl (C=O) groups is 7. The van der Waals surface area contributed by atoms with Crippen LogP contribution in [0.15, 0.2) is 40.2 Å². The predicted octanol–water partition coefficient (Wildman–Crippen LogP) is 14.7. The third kappa shape index (κ3) is 27.9. The van der Waals surface area contributed by atoms with Gasteiger partial charge in [-0.2, -0.15) is 8.78 Å². The third-order valence-corrected chi connectivity index (χ3v) is 21.2. The van der Waals surface area contributed by atoms with E-state index < -0.39 is 89.0 Å². The number of esters is 3. The van der Waals surface area contributed by atoms with Gasteiger partial charge < -0.3 is 43.9 Å². The van der Waals surface area contributed by atoms with Crippen molar-refractivity contribution in [3.05, 3.63) is 96.0 Å². The van der Waals surface area contributed by atoms with Crippen molar-refractivity contribution in [1.29, 1.82) is 0 Å². The molecule has 3 aromatic rings. The summed E-state index contributed by atoms with van der Waals surface area (Å²) < 4.78 is 91.9. The first-order valence-corrected chi connectivity index (χ1v) is 38.8. The van der Waals surface area contributed by atoms with E-state index in [4.69, 9.17) is 29.6 Å². The summed E-state index contributed by atoms with van der Waals surface area (Å²) in [7, 11) is 8.13. The van der Waals surface area contributed by atoms with Crippen LogP contribution in [0.2, 0.25) is 0 Å². The quantitative estimate of drug-likeness (QED) is 0.00646. The Kier molecular flexibility index (Phi) is 42.6. The van der Waals surface area contributed by atoms with Crippen molar-refractivity contribution < 1.29 is 85.7 Å². The number of likely N-dealkylation sites (tertiary alicyclic amines) is 3. The van der Waals surface area contributed by atoms with Crippen molar-refractivity contribution in [1.82, 2.24) is 39.8 Å². The number of amides is 3. The van der Waals surface area contributed by atoms with E-state index in [2.05, 4.69) is 82.6 Å². The first kappa shape index (κ1) is 93.2. The highest BCUT2D eigenvalue weighted by atomic mass is 32.1. The van der Waals surface area contributed by atoms with Gasteiger partial charge in [0.25, 0.3) is 0 Å². The fourth-order valence-corrected chi connectivity index (χ4v) is 14.3. The highest BCUT2D eigenvalue weighted by molar-refractivity contribution is 7.10. The van der Waals surface area contributed by atoms with Crippen LogP contribution in [0.5, 0.6) is 5.75 Å². The molecule has 3 fully saturated rings. The van der Waals surface area contributed by atoms with Crippen LogP contribution in [0.3, 0.4) is 0 Å². The standard InChI is InChI=1S/C31H52N4O5S.C24H39N5O4S.C13H12F5NO2.C7H13NO2.H2/c1-9-12-14-18-35(30(37)27(22(6)10-2)33-28(36)24-16-13-15-17-34(24)7)25(21(4)5)19-26(40-11-3)29-32-23(20-41-29)31(38)39-8;1-8-11-12-13-29(23(30)21(27-28-25)17(6)9-2)19(16(4)5)14-20(33-10-3)22-26-18(15-34-22)24(31)32-7;1-19-5-3-2-4-6(19)13(20)21-12-10(17)8(15)7(14)9(16)11(12)18;1-8-5-3-2-4-6(8)7(9)10;/h12,14,20-22,24-27H,9-11,13,15-19H2,1-8H3,(H,33,36);11-12,15-17,19-21H,8-10,13-14H2,1-7H3;6H,2-5H2,1H3;6H,2-5H2,1H3,(H,9,10);1H/t22?,24-,25-,26-,27+;17?,19-,20-,21+;2*6-;/m1111./s1. The van der Waals surface area contributed by atoms with E-state index in [9.17, 15) is 55.5 Å². The van der Waals surface area contributed by atoms with Crippen LogP contribution < -0.4 is 10.1 Å². The molecule has 106 heavy (non-hydrogen) atoms. The van der Waals surface area contributed by atoms with Gasteiger partial charge in [0, 0.05) is 68.3 Å². The molecule has 3 amide bonds. The summed E-state index contributed by atoms with van der Waals surface area (Å²) in [5.41, 5.74) is 9.61. The summed E-state index contributed by atoms with van der Waals surface area (Å²) >= 11 is 2.70. The van der Waals surface area contributed by atoms with Crippen LogP contribution in [-0.4, -0.2) is 205 Å². The molecule has 2 unspecified atom stereocenters. The average Bonchev–Trinajstić information content (AvgIpc) is 1.44. The predicted molar refractivity (Wildman–Crippen MR) is 401 cm³/mol. The number of methoxy groups -OCH3 is 2. The maximum atomic E-state index is 14.4. The van der Waals surface area contributed by atoms with Crippen molar-refractivity contribution in [2.45, 2.75) is 234 Å². The minimum atomic E-state index is -2.29. The number of azide groups is 1. The van der Waals surface area contributed by atoms with Gasteiger partial charge >= 0.3 is 23.9 Å². The zero-order valence-electron chi connectivity index (χ0n) is 65.1. The number of likely N-dealkylation sites (N-methyl/N-ethyl adjacent to an activating group) is 3. The van der Waals surface area contributed by atoms with Crippen molar-refractivity contribution in [3.8, 4) is 5.75 Å². The second-order valence-electron chi connectivity index (χ2n) is 27.4. The molecular formula is C75H118F5N11O13S2. The van der Waals surface area contributed by atoms with Crippen molar-refractivity contribution in [2.24, 2.45) is 28.8 Å². The van der Waals surface area contributed by atoms with Crippen molar-refractivity contribution in [2.75, 3.05) is 81.3 Å². The normalized spacial score (nSPS) is 18.7. The molecule has 0 saturated carbocycles. The Morgan fingerprint density at radius 2 is 1.03 bits per heavy atom. The molecule has 598 valence electrons. The van der Waals surface area contributed by atoms with E-state index in [-0.39, 0.29) is 78.4 Å². The first-order chi connectivity index (χ1) is 50.4. The van der Waals surface area contributed by atoms with E-state index >= 15 is 0 Å². The van der Waals surface area contributed by atoms with E-state index in [0.29, 0.717) is 68.5 Å². The second-order valence-corrected chi connectivity index (χ2v) is 29.2. The van der Waals surface area contributed by atoms with Gasteiger partial charge in [-0.05, 0) is 135 Å². The van der Waals surface area contributed by atoms with E-state index in [1.807, 2.05) is 88.6 Å². The number of aliphatic carboxylic acids is 1. The number of nitrogens with zero attached hydrogens (tertiary/aromatic N) is 10. The largest absolute Gasteiger partial charge is 0.480 e. The van der Waals surface area contributed by atoms with Crippen molar-refractivity contribution in [3.63, 3.8) is 0 Å². The van der Waals surface area contributed by atoms with Gasteiger partial charge in [0.1, 0.15) is 46.4 Å². The lowest BCUT2D eigenvalue weighted by Crippen LogP contribution is -2.58. The molecule has 2 aromatic heterocycles. The number of carboxylic acids is 1. The number of carboxylic acid groups (broad SMARTS) is 1. The Morgan fingerprint density at radius 1 is 0.623 bits per heavy atom. The van der Waals surface area contributed by atoms with Gasteiger partial charge in [-0.3, -0.25) is 33.9 Å². The average molecular weight is 1540 g/mol. The maximum absolute atomic E-state index is 14.4. The number of allylic oxidation sites excluding steroid dienone is 2. The molecule has 0 radical (unpaired) electrons. The summed E-state index contributed by atoms with van der Waals surface area (Å²) in [5, 5.41) is 20.4. The topological polar surface area (TPSA) is 289 Å². The highest BCUT2D eigenvalue weighted by Crippen LogP contribution is 2.35. The molecule has 3 aliphatic heterocycles. The van der Waals surface area contributed by atoms with Crippen LogP contribution in [-0.2, 0) is 42.9 Å². The summed E-state index contributed by atoms with van der Waals surface area (Å²) in [6.07, 6.45) is 19.4. The van der Waals surface area contributed by atoms with Crippen LogP contribution in [0, 0.1) is 52.8 Å². The van der Waals surface area contributed by atoms with Crippen LogP contribution in [0.25, 0.3) is 10.4 Å². The lowest BCUT2D eigenvalue weighted by atomic mass is 9.92. The number of thiazole rings is 2. The molecule has 0 spiro atoms. The molecule has 3 aliphatic rings. The van der Waals surface area contributed by atoms with Crippen LogP contribution in [0.4, 0.5) is 22.0 Å². The number of benzene rings is 1. The Labute approximate surface area is 632 Å².